The number of hydrogen-bond donors (Lipinski definition) is 3. The third-order valence-electron chi connectivity index (χ3n) is 4.05. The van der Waals surface area contributed by atoms with Crippen LogP contribution in [0.2, 0.25) is 0 Å². The third-order valence-corrected chi connectivity index (χ3v) is 4.05. The van der Waals surface area contributed by atoms with Crippen LogP contribution < -0.4 is 16.0 Å². The molecule has 1 aliphatic rings. The minimum atomic E-state index is -0.239. The van der Waals surface area contributed by atoms with Crippen molar-refractivity contribution in [2.24, 2.45) is 10.9 Å². The lowest BCUT2D eigenvalue weighted by atomic mass is 10.0. The zero-order valence-electron chi connectivity index (χ0n) is 17.5. The van der Waals surface area contributed by atoms with Crippen LogP contribution in [0.15, 0.2) is 4.99 Å². The molecule has 0 spiro atoms. The maximum absolute atomic E-state index is 12.0. The van der Waals surface area contributed by atoms with Crippen LogP contribution in [0.25, 0.3) is 0 Å². The van der Waals surface area contributed by atoms with Crippen molar-refractivity contribution in [3.63, 3.8) is 0 Å². The lowest BCUT2D eigenvalue weighted by Crippen LogP contribution is -2.51. The minimum absolute atomic E-state index is 0.0680. The molecule has 0 aromatic rings. The Balaban J connectivity index is 2.61. The monoisotopic (exact) mass is 369 g/mol. The lowest BCUT2D eigenvalue weighted by molar-refractivity contribution is -0.121. The molecule has 0 radical (unpaired) electrons. The third kappa shape index (κ3) is 9.97. The first-order valence-corrected chi connectivity index (χ1v) is 9.86. The Morgan fingerprint density at radius 3 is 2.38 bits per heavy atom. The standard InChI is InChI=1S/C19H39N5O2/c1-7-20-18(22-14-17(25)23-19(4,5)6)21-13-16(12-15(2)3)24-8-10-26-11-9-24/h15-16H,7-14H2,1-6H3,(H,23,25)(H2,20,21,22). The molecule has 26 heavy (non-hydrogen) atoms. The van der Waals surface area contributed by atoms with Gasteiger partial charge >= 0.3 is 0 Å². The maximum Gasteiger partial charge on any atom is 0.242 e. The second kappa shape index (κ2) is 11.4. The van der Waals surface area contributed by atoms with E-state index in [1.165, 1.54) is 0 Å². The fraction of sp³-hybridized carbons (Fsp3) is 0.895. The van der Waals surface area contributed by atoms with Gasteiger partial charge in [-0.15, -0.1) is 0 Å². The number of amides is 1. The molecule has 7 nitrogen and oxygen atoms in total. The van der Waals surface area contributed by atoms with E-state index in [4.69, 9.17) is 4.74 Å². The highest BCUT2D eigenvalue weighted by Crippen LogP contribution is 2.13. The van der Waals surface area contributed by atoms with E-state index in [-0.39, 0.29) is 18.0 Å². The van der Waals surface area contributed by atoms with Crippen molar-refractivity contribution < 1.29 is 9.53 Å². The van der Waals surface area contributed by atoms with Crippen molar-refractivity contribution in [1.82, 2.24) is 20.9 Å². The normalized spacial score (nSPS) is 17.9. The molecule has 1 unspecified atom stereocenters. The maximum atomic E-state index is 12.0. The molecule has 0 aliphatic carbocycles. The van der Waals surface area contributed by atoms with Gasteiger partial charge in [0.25, 0.3) is 0 Å². The van der Waals surface area contributed by atoms with Crippen LogP contribution in [0.1, 0.15) is 48.0 Å². The number of nitrogens with one attached hydrogen (secondary N) is 3. The minimum Gasteiger partial charge on any atom is -0.379 e. The average molecular weight is 370 g/mol. The van der Waals surface area contributed by atoms with Gasteiger partial charge in [-0.2, -0.15) is 0 Å². The van der Waals surface area contributed by atoms with E-state index in [9.17, 15) is 4.79 Å². The van der Waals surface area contributed by atoms with E-state index in [1.54, 1.807) is 0 Å². The Morgan fingerprint density at radius 1 is 1.19 bits per heavy atom. The summed E-state index contributed by atoms with van der Waals surface area (Å²) in [4.78, 5) is 18.9. The first-order valence-electron chi connectivity index (χ1n) is 9.86. The second-order valence-electron chi connectivity index (χ2n) is 8.31. The summed E-state index contributed by atoms with van der Waals surface area (Å²) < 4.78 is 5.48. The van der Waals surface area contributed by atoms with Gasteiger partial charge in [-0.05, 0) is 40.0 Å². The Morgan fingerprint density at radius 2 is 1.85 bits per heavy atom. The number of carbonyl (C=O) groups is 1. The van der Waals surface area contributed by atoms with E-state index in [0.717, 1.165) is 45.8 Å². The molecular weight excluding hydrogens is 330 g/mol. The van der Waals surface area contributed by atoms with Crippen LogP contribution in [0.3, 0.4) is 0 Å². The molecule has 0 saturated carbocycles. The smallest absolute Gasteiger partial charge is 0.242 e. The predicted octanol–water partition coefficient (Wildman–Crippen LogP) is 1.20. The molecule has 1 rings (SSSR count). The van der Waals surface area contributed by atoms with Crippen molar-refractivity contribution in [2.45, 2.75) is 59.5 Å². The van der Waals surface area contributed by atoms with Crippen LogP contribution in [0.5, 0.6) is 0 Å². The number of aliphatic imine (C=N–C) groups is 1. The van der Waals surface area contributed by atoms with Gasteiger partial charge in [-0.1, -0.05) is 13.8 Å². The molecule has 3 N–H and O–H groups in total. The van der Waals surface area contributed by atoms with Gasteiger partial charge in [0.15, 0.2) is 5.96 Å². The van der Waals surface area contributed by atoms with Crippen LogP contribution in [-0.2, 0) is 9.53 Å². The van der Waals surface area contributed by atoms with Gasteiger partial charge in [0.1, 0.15) is 6.54 Å². The Labute approximate surface area is 159 Å². The van der Waals surface area contributed by atoms with E-state index < -0.39 is 0 Å². The molecule has 7 heteroatoms. The summed E-state index contributed by atoms with van der Waals surface area (Å²) in [5, 5.41) is 9.58. The van der Waals surface area contributed by atoms with Gasteiger partial charge in [0.05, 0.1) is 13.2 Å². The van der Waals surface area contributed by atoms with Crippen LogP contribution >= 0.6 is 0 Å². The van der Waals surface area contributed by atoms with Crippen molar-refractivity contribution >= 4 is 11.9 Å². The summed E-state index contributed by atoms with van der Waals surface area (Å²) >= 11 is 0. The molecule has 1 saturated heterocycles. The van der Waals surface area contributed by atoms with Gasteiger partial charge in [-0.3, -0.25) is 9.69 Å². The lowest BCUT2D eigenvalue weighted by Gasteiger charge is -2.35. The Kier molecular flexibility index (Phi) is 9.94. The SMILES string of the molecule is CCNC(=NCC(=O)NC(C)(C)C)NCC(CC(C)C)N1CCOCC1. The molecule has 1 atom stereocenters. The predicted molar refractivity (Wildman–Crippen MR) is 108 cm³/mol. The number of hydrogen-bond acceptors (Lipinski definition) is 4. The van der Waals surface area contributed by atoms with Gasteiger partial charge < -0.3 is 20.7 Å². The molecule has 1 amide bonds. The summed E-state index contributed by atoms with van der Waals surface area (Å²) in [6.45, 7) is 17.7. The largest absolute Gasteiger partial charge is 0.379 e. The van der Waals surface area contributed by atoms with Crippen LogP contribution in [-0.4, -0.2) is 74.3 Å². The molecular formula is C19H39N5O2. The Hall–Kier alpha value is -1.34. The van der Waals surface area contributed by atoms with E-state index in [2.05, 4.69) is 39.7 Å². The fourth-order valence-electron chi connectivity index (χ4n) is 3.01. The highest BCUT2D eigenvalue weighted by atomic mass is 16.5. The van der Waals surface area contributed by atoms with Gasteiger partial charge in [0.2, 0.25) is 5.91 Å². The highest BCUT2D eigenvalue weighted by Gasteiger charge is 2.22. The molecule has 1 fully saturated rings. The van der Waals surface area contributed by atoms with Gasteiger partial charge in [0, 0.05) is 37.8 Å². The Bertz CT molecular complexity index is 440. The topological polar surface area (TPSA) is 78.0 Å². The molecule has 152 valence electrons. The number of guanidine groups is 1. The van der Waals surface area contributed by atoms with E-state index >= 15 is 0 Å². The average Bonchev–Trinajstić information content (AvgIpc) is 2.55. The number of carbonyl (C=O) groups excluding carboxylic acids is 1. The molecule has 1 aliphatic heterocycles. The van der Waals surface area contributed by atoms with Crippen molar-refractivity contribution in [2.75, 3.05) is 45.9 Å². The van der Waals surface area contributed by atoms with Gasteiger partial charge in [-0.25, -0.2) is 4.99 Å². The second-order valence-corrected chi connectivity index (χ2v) is 8.31. The summed E-state index contributed by atoms with van der Waals surface area (Å²) in [6, 6.07) is 0.436. The number of nitrogens with zero attached hydrogens (tertiary/aromatic N) is 2. The zero-order chi connectivity index (χ0) is 19.6. The van der Waals surface area contributed by atoms with E-state index in [1.807, 2.05) is 27.7 Å². The van der Waals surface area contributed by atoms with Crippen molar-refractivity contribution in [3.05, 3.63) is 0 Å². The van der Waals surface area contributed by atoms with Crippen LogP contribution in [0.4, 0.5) is 0 Å². The molecule has 0 aromatic carbocycles. The number of ether oxygens (including phenoxy) is 1. The highest BCUT2D eigenvalue weighted by molar-refractivity contribution is 5.85. The summed E-state index contributed by atoms with van der Waals surface area (Å²) in [6.07, 6.45) is 1.12. The molecule has 1 heterocycles. The quantitative estimate of drug-likeness (QED) is 0.443. The first-order chi connectivity index (χ1) is 12.2. The fourth-order valence-corrected chi connectivity index (χ4v) is 3.01. The van der Waals surface area contributed by atoms with Crippen molar-refractivity contribution in [3.8, 4) is 0 Å². The zero-order valence-corrected chi connectivity index (χ0v) is 17.5. The number of rotatable bonds is 8. The van der Waals surface area contributed by atoms with E-state index in [0.29, 0.717) is 17.9 Å². The summed E-state index contributed by atoms with van der Waals surface area (Å²) in [5.41, 5.74) is -0.239. The summed E-state index contributed by atoms with van der Waals surface area (Å²) in [5.74, 6) is 1.25. The van der Waals surface area contributed by atoms with Crippen LogP contribution in [0, 0.1) is 5.92 Å². The first kappa shape index (κ1) is 22.7. The molecule has 0 bridgehead atoms. The molecule has 0 aromatic heterocycles. The number of morpholine rings is 1. The summed E-state index contributed by atoms with van der Waals surface area (Å²) in [7, 11) is 0. The van der Waals surface area contributed by atoms with Crippen molar-refractivity contribution in [1.29, 1.82) is 0 Å².